The molecule has 0 aliphatic carbocycles. The van der Waals surface area contributed by atoms with Gasteiger partial charge in [0.2, 0.25) is 0 Å². The van der Waals surface area contributed by atoms with E-state index in [2.05, 4.69) is 10.3 Å². The minimum atomic E-state index is 0.594. The van der Waals surface area contributed by atoms with Crippen LogP contribution in [0.2, 0.25) is 4.47 Å². The summed E-state index contributed by atoms with van der Waals surface area (Å²) in [6.07, 6.45) is 2.34. The fourth-order valence-corrected chi connectivity index (χ4v) is 2.27. The van der Waals surface area contributed by atoms with Gasteiger partial charge in [-0.05, 0) is 18.8 Å². The quantitative estimate of drug-likeness (QED) is 0.867. The molecule has 1 fully saturated rings. The molecule has 0 amide bonds. The number of thiazole rings is 1. The van der Waals surface area contributed by atoms with Gasteiger partial charge in [0.05, 0.1) is 0 Å². The zero-order valence-corrected chi connectivity index (χ0v) is 9.40. The monoisotopic (exact) mass is 232 g/mol. The molecule has 1 atom stereocenters. The molecule has 1 aliphatic heterocycles. The van der Waals surface area contributed by atoms with Crippen molar-refractivity contribution in [2.45, 2.75) is 12.8 Å². The minimum absolute atomic E-state index is 0.594. The van der Waals surface area contributed by atoms with Crippen LogP contribution in [0.15, 0.2) is 5.38 Å². The van der Waals surface area contributed by atoms with Crippen LogP contribution in [0.1, 0.15) is 12.8 Å². The molecule has 2 rings (SSSR count). The summed E-state index contributed by atoms with van der Waals surface area (Å²) >= 11 is 7.17. The van der Waals surface area contributed by atoms with Crippen molar-refractivity contribution in [2.24, 2.45) is 5.92 Å². The summed E-state index contributed by atoms with van der Waals surface area (Å²) < 4.78 is 5.90. The van der Waals surface area contributed by atoms with E-state index in [0.29, 0.717) is 4.47 Å². The van der Waals surface area contributed by atoms with Gasteiger partial charge in [-0.15, -0.1) is 11.3 Å². The van der Waals surface area contributed by atoms with Crippen LogP contribution in [0.3, 0.4) is 0 Å². The topological polar surface area (TPSA) is 34.2 Å². The smallest absolute Gasteiger partial charge is 0.185 e. The maximum absolute atomic E-state index is 5.71. The van der Waals surface area contributed by atoms with Gasteiger partial charge < -0.3 is 10.1 Å². The highest BCUT2D eigenvalue weighted by Gasteiger charge is 2.14. The number of ether oxygens (including phenoxy) is 1. The standard InChI is InChI=1S/C9H13ClN2OS/c10-9-12-8(6-14-9)11-3-1-7-2-4-13-5-7/h6-7,11H,1-5H2. The van der Waals surface area contributed by atoms with Gasteiger partial charge in [-0.25, -0.2) is 4.98 Å². The van der Waals surface area contributed by atoms with Gasteiger partial charge >= 0.3 is 0 Å². The van der Waals surface area contributed by atoms with Gasteiger partial charge in [-0.3, -0.25) is 0 Å². The Morgan fingerprint density at radius 2 is 2.64 bits per heavy atom. The van der Waals surface area contributed by atoms with Crippen LogP contribution in [-0.2, 0) is 4.74 Å². The second kappa shape index (κ2) is 4.96. The third-order valence-electron chi connectivity index (χ3n) is 2.36. The van der Waals surface area contributed by atoms with Gasteiger partial charge in [0.15, 0.2) is 4.47 Å². The molecular formula is C9H13ClN2OS. The normalized spacial score (nSPS) is 21.4. The number of halogens is 1. The van der Waals surface area contributed by atoms with Crippen LogP contribution >= 0.6 is 22.9 Å². The number of rotatable bonds is 4. The lowest BCUT2D eigenvalue weighted by Gasteiger charge is -2.07. The van der Waals surface area contributed by atoms with Crippen molar-refractivity contribution in [2.75, 3.05) is 25.1 Å². The molecule has 3 nitrogen and oxygen atoms in total. The molecule has 1 unspecified atom stereocenters. The van der Waals surface area contributed by atoms with Crippen LogP contribution < -0.4 is 5.32 Å². The molecule has 0 bridgehead atoms. The summed E-state index contributed by atoms with van der Waals surface area (Å²) in [4.78, 5) is 4.12. The first-order valence-corrected chi connectivity index (χ1v) is 6.03. The van der Waals surface area contributed by atoms with E-state index in [-0.39, 0.29) is 0 Å². The van der Waals surface area contributed by atoms with Crippen molar-refractivity contribution in [1.82, 2.24) is 4.98 Å². The summed E-state index contributed by atoms with van der Waals surface area (Å²) in [7, 11) is 0. The zero-order chi connectivity index (χ0) is 9.80. The highest BCUT2D eigenvalue weighted by atomic mass is 35.5. The van der Waals surface area contributed by atoms with Crippen LogP contribution in [0.5, 0.6) is 0 Å². The SMILES string of the molecule is Clc1nc(NCCC2CCOC2)cs1. The maximum Gasteiger partial charge on any atom is 0.185 e. The Balaban J connectivity index is 1.67. The number of nitrogens with zero attached hydrogens (tertiary/aromatic N) is 1. The molecular weight excluding hydrogens is 220 g/mol. The Hall–Kier alpha value is -0.320. The summed E-state index contributed by atoms with van der Waals surface area (Å²) in [6.45, 7) is 2.79. The van der Waals surface area contributed by atoms with E-state index < -0.39 is 0 Å². The highest BCUT2D eigenvalue weighted by Crippen LogP contribution is 2.20. The molecule has 5 heteroatoms. The molecule has 0 spiro atoms. The summed E-state index contributed by atoms with van der Waals surface area (Å²) in [6, 6.07) is 0. The van der Waals surface area contributed by atoms with Crippen molar-refractivity contribution in [1.29, 1.82) is 0 Å². The highest BCUT2D eigenvalue weighted by molar-refractivity contribution is 7.14. The average Bonchev–Trinajstić information content (AvgIpc) is 2.77. The van der Waals surface area contributed by atoms with Crippen molar-refractivity contribution >= 4 is 28.8 Å². The van der Waals surface area contributed by atoms with Crippen molar-refractivity contribution in [3.8, 4) is 0 Å². The van der Waals surface area contributed by atoms with Crippen LogP contribution in [0, 0.1) is 5.92 Å². The Labute approximate surface area is 92.4 Å². The second-order valence-corrected chi connectivity index (χ2v) is 4.87. The number of anilines is 1. The Bertz CT molecular complexity index is 286. The van der Waals surface area contributed by atoms with Crippen molar-refractivity contribution < 1.29 is 4.74 Å². The van der Waals surface area contributed by atoms with E-state index in [1.165, 1.54) is 17.8 Å². The third-order valence-corrected chi connectivity index (χ3v) is 3.34. The maximum atomic E-state index is 5.71. The second-order valence-electron chi connectivity index (χ2n) is 3.43. The van der Waals surface area contributed by atoms with E-state index in [1.54, 1.807) is 0 Å². The first kappa shape index (κ1) is 10.2. The molecule has 1 N–H and O–H groups in total. The fourth-order valence-electron chi connectivity index (χ4n) is 1.55. The number of aromatic nitrogens is 1. The molecule has 0 aromatic carbocycles. The molecule has 0 radical (unpaired) electrons. The lowest BCUT2D eigenvalue weighted by Crippen LogP contribution is -2.09. The Kier molecular flexibility index (Phi) is 3.61. The third kappa shape index (κ3) is 2.83. The molecule has 0 saturated carbocycles. The molecule has 1 saturated heterocycles. The van der Waals surface area contributed by atoms with Gasteiger partial charge in [0, 0.05) is 25.1 Å². The summed E-state index contributed by atoms with van der Waals surface area (Å²) in [5, 5.41) is 5.19. The Morgan fingerprint density at radius 1 is 1.71 bits per heavy atom. The molecule has 2 heterocycles. The predicted octanol–water partition coefficient (Wildman–Crippen LogP) is 2.64. The van der Waals surface area contributed by atoms with E-state index in [4.69, 9.17) is 16.3 Å². The lowest BCUT2D eigenvalue weighted by molar-refractivity contribution is 0.185. The molecule has 1 aromatic heterocycles. The number of nitrogens with one attached hydrogen (secondary N) is 1. The first-order chi connectivity index (χ1) is 6.84. The molecule has 14 heavy (non-hydrogen) atoms. The van der Waals surface area contributed by atoms with Gasteiger partial charge in [0.1, 0.15) is 5.82 Å². The first-order valence-electron chi connectivity index (χ1n) is 4.77. The van der Waals surface area contributed by atoms with Crippen LogP contribution in [-0.4, -0.2) is 24.7 Å². The average molecular weight is 233 g/mol. The fraction of sp³-hybridized carbons (Fsp3) is 0.667. The minimum Gasteiger partial charge on any atom is -0.381 e. The zero-order valence-electron chi connectivity index (χ0n) is 7.83. The molecule has 1 aromatic rings. The van der Waals surface area contributed by atoms with Crippen LogP contribution in [0.4, 0.5) is 5.82 Å². The number of hydrogen-bond donors (Lipinski definition) is 1. The van der Waals surface area contributed by atoms with Crippen LogP contribution in [0.25, 0.3) is 0 Å². The van der Waals surface area contributed by atoms with Crippen molar-refractivity contribution in [3.05, 3.63) is 9.85 Å². The largest absolute Gasteiger partial charge is 0.381 e. The van der Waals surface area contributed by atoms with E-state index in [9.17, 15) is 0 Å². The number of hydrogen-bond acceptors (Lipinski definition) is 4. The van der Waals surface area contributed by atoms with Gasteiger partial charge in [-0.2, -0.15) is 0 Å². The van der Waals surface area contributed by atoms with Crippen molar-refractivity contribution in [3.63, 3.8) is 0 Å². The molecule has 1 aliphatic rings. The summed E-state index contributed by atoms with van der Waals surface area (Å²) in [5.41, 5.74) is 0. The summed E-state index contributed by atoms with van der Waals surface area (Å²) in [5.74, 6) is 1.61. The van der Waals surface area contributed by atoms with E-state index >= 15 is 0 Å². The van der Waals surface area contributed by atoms with Gasteiger partial charge in [0.25, 0.3) is 0 Å². The predicted molar refractivity (Wildman–Crippen MR) is 59.2 cm³/mol. The van der Waals surface area contributed by atoms with Gasteiger partial charge in [-0.1, -0.05) is 11.6 Å². The van der Waals surface area contributed by atoms with E-state index in [0.717, 1.165) is 37.9 Å². The Morgan fingerprint density at radius 3 is 3.29 bits per heavy atom. The van der Waals surface area contributed by atoms with E-state index in [1.807, 2.05) is 5.38 Å². The molecule has 78 valence electrons. The lowest BCUT2D eigenvalue weighted by atomic mass is 10.1.